The van der Waals surface area contributed by atoms with Gasteiger partial charge in [-0.2, -0.15) is 0 Å². The highest BCUT2D eigenvalue weighted by molar-refractivity contribution is 6.04. The lowest BCUT2D eigenvalue weighted by molar-refractivity contribution is -0.384. The van der Waals surface area contributed by atoms with Gasteiger partial charge in [-0.1, -0.05) is 6.92 Å². The van der Waals surface area contributed by atoms with E-state index in [9.17, 15) is 19.7 Å². The molecule has 1 N–H and O–H groups in total. The van der Waals surface area contributed by atoms with E-state index in [1.54, 1.807) is 6.92 Å². The van der Waals surface area contributed by atoms with Gasteiger partial charge in [0.2, 0.25) is 5.91 Å². The van der Waals surface area contributed by atoms with Crippen LogP contribution in [0.2, 0.25) is 0 Å². The molecule has 0 bridgehead atoms. The van der Waals surface area contributed by atoms with E-state index in [4.69, 9.17) is 0 Å². The zero-order valence-corrected chi connectivity index (χ0v) is 9.30. The Morgan fingerprint density at radius 1 is 1.29 bits per heavy atom. The number of nitrogens with zero attached hydrogens (tertiary/aromatic N) is 1. The van der Waals surface area contributed by atoms with Crippen LogP contribution in [0.3, 0.4) is 0 Å². The molecule has 0 aliphatic carbocycles. The SMILES string of the molecule is CCC(=O)CC(=O)Nc1ccc([N+](=O)[O-])cc1. The van der Waals surface area contributed by atoms with Crippen LogP contribution in [0.25, 0.3) is 0 Å². The fourth-order valence-electron chi connectivity index (χ4n) is 1.18. The second kappa shape index (κ2) is 5.74. The van der Waals surface area contributed by atoms with Crippen molar-refractivity contribution in [3.05, 3.63) is 34.4 Å². The summed E-state index contributed by atoms with van der Waals surface area (Å²) in [5.74, 6) is -0.560. The van der Waals surface area contributed by atoms with Crippen LogP contribution in [-0.2, 0) is 9.59 Å². The topological polar surface area (TPSA) is 89.3 Å². The van der Waals surface area contributed by atoms with Crippen LogP contribution in [-0.4, -0.2) is 16.6 Å². The average Bonchev–Trinajstić information content (AvgIpc) is 2.29. The first-order chi connectivity index (χ1) is 8.02. The second-order valence-electron chi connectivity index (χ2n) is 3.42. The second-order valence-corrected chi connectivity index (χ2v) is 3.42. The third-order valence-corrected chi connectivity index (χ3v) is 2.11. The maximum atomic E-state index is 11.3. The Balaban J connectivity index is 2.60. The third kappa shape index (κ3) is 4.02. The number of hydrogen-bond donors (Lipinski definition) is 1. The summed E-state index contributed by atoms with van der Waals surface area (Å²) in [7, 11) is 0. The maximum Gasteiger partial charge on any atom is 0.269 e. The summed E-state index contributed by atoms with van der Waals surface area (Å²) < 4.78 is 0. The van der Waals surface area contributed by atoms with Crippen molar-refractivity contribution >= 4 is 23.1 Å². The number of Topliss-reactive ketones (excluding diaryl/α,β-unsaturated/α-hetero) is 1. The molecule has 0 aliphatic heterocycles. The van der Waals surface area contributed by atoms with Crippen molar-refractivity contribution in [2.45, 2.75) is 19.8 Å². The molecule has 6 nitrogen and oxygen atoms in total. The van der Waals surface area contributed by atoms with E-state index in [1.165, 1.54) is 24.3 Å². The molecular formula is C11H12N2O4. The molecule has 1 rings (SSSR count). The summed E-state index contributed by atoms with van der Waals surface area (Å²) in [6.07, 6.45) is 0.140. The van der Waals surface area contributed by atoms with E-state index in [2.05, 4.69) is 5.32 Å². The van der Waals surface area contributed by atoms with Crippen molar-refractivity contribution in [3.8, 4) is 0 Å². The van der Waals surface area contributed by atoms with Crippen molar-refractivity contribution in [1.82, 2.24) is 0 Å². The van der Waals surface area contributed by atoms with Gasteiger partial charge >= 0.3 is 0 Å². The zero-order chi connectivity index (χ0) is 12.8. The number of benzene rings is 1. The number of nitrogens with one attached hydrogen (secondary N) is 1. The van der Waals surface area contributed by atoms with Crippen LogP contribution in [0, 0.1) is 10.1 Å². The van der Waals surface area contributed by atoms with Gasteiger partial charge in [0.1, 0.15) is 5.78 Å². The molecular weight excluding hydrogens is 224 g/mol. The molecule has 0 spiro atoms. The highest BCUT2D eigenvalue weighted by Crippen LogP contribution is 2.15. The lowest BCUT2D eigenvalue weighted by Gasteiger charge is -2.03. The molecule has 1 aromatic rings. The highest BCUT2D eigenvalue weighted by atomic mass is 16.6. The fraction of sp³-hybridized carbons (Fsp3) is 0.273. The van der Waals surface area contributed by atoms with Crippen molar-refractivity contribution < 1.29 is 14.5 Å². The Morgan fingerprint density at radius 2 is 1.88 bits per heavy atom. The lowest BCUT2D eigenvalue weighted by atomic mass is 10.2. The Bertz CT molecular complexity index is 439. The van der Waals surface area contributed by atoms with E-state index in [1.807, 2.05) is 0 Å². The van der Waals surface area contributed by atoms with Crippen LogP contribution in [0.1, 0.15) is 19.8 Å². The van der Waals surface area contributed by atoms with Gasteiger partial charge in [-0.05, 0) is 12.1 Å². The van der Waals surface area contributed by atoms with E-state index >= 15 is 0 Å². The van der Waals surface area contributed by atoms with Crippen LogP contribution in [0.4, 0.5) is 11.4 Å². The average molecular weight is 236 g/mol. The van der Waals surface area contributed by atoms with Gasteiger partial charge in [0, 0.05) is 24.2 Å². The number of carbonyl (C=O) groups excluding carboxylic acids is 2. The molecule has 0 saturated carbocycles. The van der Waals surface area contributed by atoms with Gasteiger partial charge in [-0.15, -0.1) is 0 Å². The summed E-state index contributed by atoms with van der Waals surface area (Å²) in [5, 5.41) is 12.9. The number of nitro groups is 1. The minimum absolute atomic E-state index is 0.0485. The Kier molecular flexibility index (Phi) is 4.33. The molecule has 0 aromatic heterocycles. The summed E-state index contributed by atoms with van der Waals surface area (Å²) in [6, 6.07) is 5.42. The van der Waals surface area contributed by atoms with Crippen LogP contribution >= 0.6 is 0 Å². The molecule has 0 fully saturated rings. The van der Waals surface area contributed by atoms with Crippen molar-refractivity contribution in [3.63, 3.8) is 0 Å². The van der Waals surface area contributed by atoms with Gasteiger partial charge in [0.05, 0.1) is 11.3 Å². The first-order valence-corrected chi connectivity index (χ1v) is 5.09. The summed E-state index contributed by atoms with van der Waals surface area (Å²) >= 11 is 0. The first-order valence-electron chi connectivity index (χ1n) is 5.09. The molecule has 0 atom stereocenters. The van der Waals surface area contributed by atoms with Crippen molar-refractivity contribution in [1.29, 1.82) is 0 Å². The van der Waals surface area contributed by atoms with Crippen LogP contribution in [0.5, 0.6) is 0 Å². The Hall–Kier alpha value is -2.24. The summed E-state index contributed by atoms with van der Waals surface area (Å²) in [4.78, 5) is 32.2. The number of ketones is 1. The number of non-ortho nitro benzene ring substituents is 1. The zero-order valence-electron chi connectivity index (χ0n) is 9.30. The fourth-order valence-corrected chi connectivity index (χ4v) is 1.18. The van der Waals surface area contributed by atoms with E-state index in [0.29, 0.717) is 12.1 Å². The number of rotatable bonds is 5. The van der Waals surface area contributed by atoms with E-state index < -0.39 is 10.8 Å². The minimum Gasteiger partial charge on any atom is -0.326 e. The Labute approximate surface area is 97.8 Å². The standard InChI is InChI=1S/C11H12N2O4/c1-2-10(14)7-11(15)12-8-3-5-9(6-4-8)13(16)17/h3-6H,2,7H2,1H3,(H,12,15). The predicted molar refractivity (Wildman–Crippen MR) is 61.6 cm³/mol. The number of amides is 1. The third-order valence-electron chi connectivity index (χ3n) is 2.11. The summed E-state index contributed by atoms with van der Waals surface area (Å²) in [5.41, 5.74) is 0.386. The first kappa shape index (κ1) is 12.8. The number of anilines is 1. The molecule has 0 saturated heterocycles. The molecule has 1 aromatic carbocycles. The van der Waals surface area contributed by atoms with Crippen LogP contribution in [0.15, 0.2) is 24.3 Å². The number of carbonyl (C=O) groups is 2. The molecule has 1 amide bonds. The van der Waals surface area contributed by atoms with Gasteiger partial charge in [0.15, 0.2) is 0 Å². The molecule has 0 aliphatic rings. The molecule has 0 radical (unpaired) electrons. The van der Waals surface area contributed by atoms with E-state index in [0.717, 1.165) is 0 Å². The number of hydrogen-bond acceptors (Lipinski definition) is 4. The number of nitro benzene ring substituents is 1. The van der Waals surface area contributed by atoms with Crippen LogP contribution < -0.4 is 5.32 Å². The van der Waals surface area contributed by atoms with Crippen molar-refractivity contribution in [2.75, 3.05) is 5.32 Å². The van der Waals surface area contributed by atoms with Gasteiger partial charge in [-0.3, -0.25) is 19.7 Å². The molecule has 0 heterocycles. The minimum atomic E-state index is -0.522. The maximum absolute atomic E-state index is 11.3. The smallest absolute Gasteiger partial charge is 0.269 e. The molecule has 90 valence electrons. The summed E-state index contributed by atoms with van der Waals surface area (Å²) in [6.45, 7) is 1.68. The highest BCUT2D eigenvalue weighted by Gasteiger charge is 2.09. The quantitative estimate of drug-likeness (QED) is 0.480. The molecule has 0 unspecified atom stereocenters. The monoisotopic (exact) mass is 236 g/mol. The van der Waals surface area contributed by atoms with Gasteiger partial charge in [-0.25, -0.2) is 0 Å². The predicted octanol–water partition coefficient (Wildman–Crippen LogP) is 1.90. The van der Waals surface area contributed by atoms with Gasteiger partial charge in [0.25, 0.3) is 5.69 Å². The molecule has 6 heteroatoms. The molecule has 17 heavy (non-hydrogen) atoms. The van der Waals surface area contributed by atoms with Crippen molar-refractivity contribution in [2.24, 2.45) is 0 Å². The largest absolute Gasteiger partial charge is 0.326 e. The van der Waals surface area contributed by atoms with E-state index in [-0.39, 0.29) is 17.9 Å². The Morgan fingerprint density at radius 3 is 2.35 bits per heavy atom. The van der Waals surface area contributed by atoms with Gasteiger partial charge < -0.3 is 5.32 Å². The lowest BCUT2D eigenvalue weighted by Crippen LogP contribution is -2.15. The normalized spacial score (nSPS) is 9.71.